The van der Waals surface area contributed by atoms with Crippen molar-refractivity contribution in [2.75, 3.05) is 16.5 Å². The van der Waals surface area contributed by atoms with E-state index < -0.39 is 22.8 Å². The van der Waals surface area contributed by atoms with Gasteiger partial charge in [-0.25, -0.2) is 10.9 Å². The largest absolute Gasteiger partial charge is 0.396 e. The van der Waals surface area contributed by atoms with Crippen LogP contribution in [0.5, 0.6) is 0 Å². The van der Waals surface area contributed by atoms with Gasteiger partial charge in [0.05, 0.1) is 17.3 Å². The predicted molar refractivity (Wildman–Crippen MR) is 75.6 cm³/mol. The molecule has 17 heavy (non-hydrogen) atoms. The SMILES string of the molecule is FC(F)(F)C[SH]1C=CN(c2ccccc2I)C1. The third-order valence-electron chi connectivity index (χ3n) is 2.34. The Morgan fingerprint density at radius 2 is 2.00 bits per heavy atom. The molecule has 1 aromatic carbocycles. The van der Waals surface area contributed by atoms with Gasteiger partial charge in [0.2, 0.25) is 0 Å². The van der Waals surface area contributed by atoms with Gasteiger partial charge < -0.3 is 4.90 Å². The summed E-state index contributed by atoms with van der Waals surface area (Å²) in [6.45, 7) is 0. The second kappa shape index (κ2) is 5.09. The molecule has 0 saturated carbocycles. The van der Waals surface area contributed by atoms with E-state index in [1.54, 1.807) is 11.6 Å². The van der Waals surface area contributed by atoms with Crippen molar-refractivity contribution in [3.05, 3.63) is 39.4 Å². The van der Waals surface area contributed by atoms with E-state index in [0.29, 0.717) is 5.88 Å². The topological polar surface area (TPSA) is 3.24 Å². The molecule has 1 atom stereocenters. The van der Waals surface area contributed by atoms with Crippen LogP contribution in [0.1, 0.15) is 0 Å². The molecule has 0 fully saturated rings. The van der Waals surface area contributed by atoms with Gasteiger partial charge in [0.25, 0.3) is 0 Å². The predicted octanol–water partition coefficient (Wildman–Crippen LogP) is 4.10. The third kappa shape index (κ3) is 3.54. The Morgan fingerprint density at radius 1 is 1.29 bits per heavy atom. The first-order chi connectivity index (χ1) is 7.96. The molecule has 1 nitrogen and oxygen atoms in total. The van der Waals surface area contributed by atoms with Crippen LogP contribution in [-0.2, 0) is 0 Å². The van der Waals surface area contributed by atoms with E-state index >= 15 is 0 Å². The van der Waals surface area contributed by atoms with Crippen LogP contribution in [0.15, 0.2) is 35.9 Å². The number of para-hydroxylation sites is 1. The highest BCUT2D eigenvalue weighted by Crippen LogP contribution is 2.41. The number of thiol groups is 1. The molecule has 1 unspecified atom stereocenters. The molecule has 0 bridgehead atoms. The van der Waals surface area contributed by atoms with E-state index in [1.165, 1.54) is 0 Å². The van der Waals surface area contributed by atoms with Crippen molar-refractivity contribution in [1.29, 1.82) is 0 Å². The molecule has 6 heteroatoms. The number of benzene rings is 1. The van der Waals surface area contributed by atoms with Crippen molar-refractivity contribution in [2.24, 2.45) is 0 Å². The molecule has 0 amide bonds. The maximum atomic E-state index is 12.3. The van der Waals surface area contributed by atoms with Crippen LogP contribution in [0.3, 0.4) is 0 Å². The second-order valence-corrected chi connectivity index (χ2v) is 6.96. The van der Waals surface area contributed by atoms with Crippen molar-refractivity contribution in [3.8, 4) is 0 Å². The maximum Gasteiger partial charge on any atom is 0.396 e. The molecule has 0 aromatic heterocycles. The first kappa shape index (κ1) is 13.1. The summed E-state index contributed by atoms with van der Waals surface area (Å²) in [6.07, 6.45) is -2.29. The first-order valence-electron chi connectivity index (χ1n) is 4.96. The molecule has 0 aliphatic carbocycles. The Morgan fingerprint density at radius 3 is 2.65 bits per heavy atom. The molecule has 1 aliphatic heterocycles. The van der Waals surface area contributed by atoms with Gasteiger partial charge in [-0.3, -0.25) is 0 Å². The van der Waals surface area contributed by atoms with Gasteiger partial charge in [0.15, 0.2) is 0 Å². The standard InChI is InChI=1S/C11H11F3INS/c12-11(13,14)7-17-6-5-16(8-17)10-4-2-1-3-9(10)15/h1-6,17H,7-8H2. The summed E-state index contributed by atoms with van der Waals surface area (Å²) < 4.78 is 37.9. The highest BCUT2D eigenvalue weighted by atomic mass is 127. The number of nitrogens with zero attached hydrogens (tertiary/aromatic N) is 1. The van der Waals surface area contributed by atoms with Crippen molar-refractivity contribution in [3.63, 3.8) is 0 Å². The fourth-order valence-corrected chi connectivity index (χ4v) is 4.08. The normalized spacial score (nSPS) is 22.1. The highest BCUT2D eigenvalue weighted by molar-refractivity contribution is 14.1. The lowest BCUT2D eigenvalue weighted by atomic mass is 10.3. The quantitative estimate of drug-likeness (QED) is 0.604. The van der Waals surface area contributed by atoms with Crippen LogP contribution in [0.25, 0.3) is 0 Å². The lowest BCUT2D eigenvalue weighted by Gasteiger charge is -2.21. The smallest absolute Gasteiger partial charge is 0.338 e. The van der Waals surface area contributed by atoms with Crippen molar-refractivity contribution >= 4 is 39.2 Å². The number of rotatable bonds is 2. The zero-order chi connectivity index (χ0) is 12.5. The van der Waals surface area contributed by atoms with Crippen LogP contribution in [0.4, 0.5) is 18.9 Å². The monoisotopic (exact) mass is 373 g/mol. The van der Waals surface area contributed by atoms with Crippen molar-refractivity contribution in [1.82, 2.24) is 0 Å². The maximum absolute atomic E-state index is 12.3. The molecule has 1 aliphatic rings. The zero-order valence-corrected chi connectivity index (χ0v) is 11.8. The van der Waals surface area contributed by atoms with Gasteiger partial charge in [-0.15, -0.1) is 0 Å². The van der Waals surface area contributed by atoms with Crippen LogP contribution in [-0.4, -0.2) is 17.8 Å². The van der Waals surface area contributed by atoms with Gasteiger partial charge >= 0.3 is 6.18 Å². The summed E-state index contributed by atoms with van der Waals surface area (Å²) in [4.78, 5) is 1.90. The van der Waals surface area contributed by atoms with Crippen molar-refractivity contribution in [2.45, 2.75) is 6.18 Å². The van der Waals surface area contributed by atoms with E-state index in [-0.39, 0.29) is 0 Å². The second-order valence-electron chi connectivity index (χ2n) is 3.72. The third-order valence-corrected chi connectivity index (χ3v) is 5.24. The molecule has 0 N–H and O–H groups in total. The minimum absolute atomic E-state index is 0.467. The molecule has 1 heterocycles. The Kier molecular flexibility index (Phi) is 3.92. The average molecular weight is 373 g/mol. The zero-order valence-electron chi connectivity index (χ0n) is 8.78. The molecular weight excluding hydrogens is 362 g/mol. The van der Waals surface area contributed by atoms with Crippen molar-refractivity contribution < 1.29 is 13.2 Å². The minimum atomic E-state index is -4.06. The summed E-state index contributed by atoms with van der Waals surface area (Å²) in [5.74, 6) is -0.215. The molecule has 2 rings (SSSR count). The lowest BCUT2D eigenvalue weighted by Crippen LogP contribution is -2.18. The Bertz CT molecular complexity index is 433. The Hall–Kier alpha value is -0.370. The van der Waals surface area contributed by atoms with Gasteiger partial charge in [-0.1, -0.05) is 12.1 Å². The minimum Gasteiger partial charge on any atom is -0.338 e. The van der Waals surface area contributed by atoms with E-state index in [9.17, 15) is 13.2 Å². The Balaban J connectivity index is 2.05. The highest BCUT2D eigenvalue weighted by Gasteiger charge is 2.31. The molecule has 0 radical (unpaired) electrons. The molecule has 1 aromatic rings. The number of hydrogen-bond donors (Lipinski definition) is 1. The van der Waals surface area contributed by atoms with Gasteiger partial charge in [0.1, 0.15) is 0 Å². The summed E-state index contributed by atoms with van der Waals surface area (Å²) in [5, 5.41) is 1.70. The summed E-state index contributed by atoms with van der Waals surface area (Å²) in [6, 6.07) is 7.70. The average Bonchev–Trinajstić information content (AvgIpc) is 2.64. The van der Waals surface area contributed by atoms with Crippen LogP contribution in [0, 0.1) is 3.57 Å². The van der Waals surface area contributed by atoms with Gasteiger partial charge in [0, 0.05) is 9.77 Å². The number of alkyl halides is 3. The lowest BCUT2D eigenvalue weighted by molar-refractivity contribution is -0.105. The van der Waals surface area contributed by atoms with Crippen LogP contribution >= 0.6 is 33.5 Å². The van der Waals surface area contributed by atoms with Crippen LogP contribution in [0.2, 0.25) is 0 Å². The van der Waals surface area contributed by atoms with E-state index in [4.69, 9.17) is 0 Å². The van der Waals surface area contributed by atoms with Gasteiger partial charge in [-0.05, 0) is 40.1 Å². The molecule has 0 saturated heterocycles. The number of anilines is 1. The Labute approximate surface area is 114 Å². The molecule has 0 spiro atoms. The van der Waals surface area contributed by atoms with E-state index in [2.05, 4.69) is 22.6 Å². The molecular formula is C11H11F3INS. The fourth-order valence-electron chi connectivity index (χ4n) is 1.64. The first-order valence-corrected chi connectivity index (χ1v) is 7.82. The van der Waals surface area contributed by atoms with E-state index in [0.717, 1.165) is 9.26 Å². The molecule has 94 valence electrons. The van der Waals surface area contributed by atoms with Gasteiger partial charge in [-0.2, -0.15) is 13.2 Å². The van der Waals surface area contributed by atoms with E-state index in [1.807, 2.05) is 29.2 Å². The number of halogens is 4. The summed E-state index contributed by atoms with van der Waals surface area (Å²) >= 11 is 2.19. The number of hydrogen-bond acceptors (Lipinski definition) is 1. The summed E-state index contributed by atoms with van der Waals surface area (Å²) in [5.41, 5.74) is 0.983. The summed E-state index contributed by atoms with van der Waals surface area (Å²) in [7, 11) is -1.09. The fraction of sp³-hybridized carbons (Fsp3) is 0.273. The van der Waals surface area contributed by atoms with Crippen LogP contribution < -0.4 is 4.90 Å².